The van der Waals surface area contributed by atoms with Gasteiger partial charge in [0, 0.05) is 24.9 Å². The van der Waals surface area contributed by atoms with E-state index in [1.165, 1.54) is 11.3 Å². The van der Waals surface area contributed by atoms with Gasteiger partial charge in [-0.3, -0.25) is 14.4 Å². The SMILES string of the molecule is C[C@@H](OC(=O)CCNC(=O)CCC(=O)c1cccs1)c1nnc(-c2ccccc2)o1. The number of hydrogen-bond acceptors (Lipinski definition) is 8. The molecule has 1 amide bonds. The van der Waals surface area contributed by atoms with Crippen LogP contribution in [-0.2, 0) is 14.3 Å². The van der Waals surface area contributed by atoms with Crippen LogP contribution in [-0.4, -0.2) is 34.4 Å². The summed E-state index contributed by atoms with van der Waals surface area (Å²) in [5.41, 5.74) is 0.773. The monoisotopic (exact) mass is 427 g/mol. The number of Topliss-reactive ketones (excluding diaryl/α,β-unsaturated/α-hetero) is 1. The molecule has 0 aliphatic carbocycles. The molecule has 156 valence electrons. The van der Waals surface area contributed by atoms with Gasteiger partial charge in [-0.05, 0) is 30.5 Å². The number of carbonyl (C=O) groups is 3. The lowest BCUT2D eigenvalue weighted by Gasteiger charge is -2.10. The zero-order chi connectivity index (χ0) is 21.3. The maximum absolute atomic E-state index is 12.0. The summed E-state index contributed by atoms with van der Waals surface area (Å²) >= 11 is 1.35. The number of carbonyl (C=O) groups excluding carboxylic acids is 3. The quantitative estimate of drug-likeness (QED) is 0.389. The van der Waals surface area contributed by atoms with Crippen molar-refractivity contribution in [3.05, 3.63) is 58.6 Å². The molecule has 0 saturated carbocycles. The van der Waals surface area contributed by atoms with Crippen LogP contribution < -0.4 is 5.32 Å². The van der Waals surface area contributed by atoms with Crippen molar-refractivity contribution in [3.8, 4) is 11.5 Å². The summed E-state index contributed by atoms with van der Waals surface area (Å²) in [6, 6.07) is 12.8. The predicted molar refractivity (Wildman–Crippen MR) is 110 cm³/mol. The lowest BCUT2D eigenvalue weighted by atomic mass is 10.2. The molecule has 3 rings (SSSR count). The summed E-state index contributed by atoms with van der Waals surface area (Å²) < 4.78 is 10.8. The molecule has 0 spiro atoms. The standard InChI is InChI=1S/C21H21N3O5S/c1-14(20-23-24-21(29-20)15-6-3-2-4-7-15)28-19(27)11-12-22-18(26)10-9-16(25)17-8-5-13-30-17/h2-8,13-14H,9-12H2,1H3,(H,22,26)/t14-/m1/s1. The summed E-state index contributed by atoms with van der Waals surface area (Å²) in [5.74, 6) is -0.318. The molecule has 0 fully saturated rings. The highest BCUT2D eigenvalue weighted by molar-refractivity contribution is 7.12. The van der Waals surface area contributed by atoms with E-state index in [4.69, 9.17) is 9.15 Å². The van der Waals surface area contributed by atoms with Crippen LogP contribution in [0.15, 0.2) is 52.3 Å². The third-order valence-corrected chi connectivity index (χ3v) is 5.05. The summed E-state index contributed by atoms with van der Waals surface area (Å²) in [5, 5.41) is 12.3. The van der Waals surface area contributed by atoms with Crippen LogP contribution in [0, 0.1) is 0 Å². The lowest BCUT2D eigenvalue weighted by Crippen LogP contribution is -2.27. The molecule has 0 saturated heterocycles. The molecule has 0 bridgehead atoms. The number of rotatable bonds is 10. The van der Waals surface area contributed by atoms with E-state index < -0.39 is 12.1 Å². The third-order valence-electron chi connectivity index (χ3n) is 4.14. The second-order valence-corrected chi connectivity index (χ2v) is 7.39. The Hall–Kier alpha value is -3.33. The Balaban J connectivity index is 1.36. The van der Waals surface area contributed by atoms with E-state index in [1.54, 1.807) is 19.1 Å². The first-order chi connectivity index (χ1) is 14.5. The fourth-order valence-electron chi connectivity index (χ4n) is 2.58. The van der Waals surface area contributed by atoms with Gasteiger partial charge in [0.1, 0.15) is 0 Å². The summed E-state index contributed by atoms with van der Waals surface area (Å²) in [4.78, 5) is 36.3. The number of benzene rings is 1. The lowest BCUT2D eigenvalue weighted by molar-refractivity contribution is -0.149. The minimum Gasteiger partial charge on any atom is -0.453 e. The van der Waals surface area contributed by atoms with Gasteiger partial charge in [0.05, 0.1) is 11.3 Å². The molecular weight excluding hydrogens is 406 g/mol. The number of ketones is 1. The molecule has 0 unspecified atom stereocenters. The van der Waals surface area contributed by atoms with Crippen molar-refractivity contribution < 1.29 is 23.5 Å². The van der Waals surface area contributed by atoms with Crippen molar-refractivity contribution in [3.63, 3.8) is 0 Å². The molecule has 8 nitrogen and oxygen atoms in total. The molecule has 3 aromatic rings. The van der Waals surface area contributed by atoms with Crippen LogP contribution in [0.5, 0.6) is 0 Å². The Morgan fingerprint density at radius 2 is 1.87 bits per heavy atom. The molecule has 1 aromatic carbocycles. The maximum Gasteiger partial charge on any atom is 0.308 e. The van der Waals surface area contributed by atoms with E-state index in [9.17, 15) is 14.4 Å². The topological polar surface area (TPSA) is 111 Å². The van der Waals surface area contributed by atoms with Gasteiger partial charge in [0.2, 0.25) is 11.8 Å². The first kappa shape index (κ1) is 21.4. The van der Waals surface area contributed by atoms with E-state index in [-0.39, 0.29) is 43.4 Å². The van der Waals surface area contributed by atoms with Crippen molar-refractivity contribution in [2.75, 3.05) is 6.54 Å². The van der Waals surface area contributed by atoms with E-state index in [0.717, 1.165) is 5.56 Å². The molecule has 9 heteroatoms. The van der Waals surface area contributed by atoms with Crippen molar-refractivity contribution in [2.24, 2.45) is 0 Å². The summed E-state index contributed by atoms with van der Waals surface area (Å²) in [6.45, 7) is 1.76. The Labute approximate surface area is 177 Å². The normalized spacial score (nSPS) is 11.6. The van der Waals surface area contributed by atoms with Crippen molar-refractivity contribution in [2.45, 2.75) is 32.3 Å². The number of thiophene rings is 1. The Bertz CT molecular complexity index is 985. The smallest absolute Gasteiger partial charge is 0.308 e. The Morgan fingerprint density at radius 3 is 2.60 bits per heavy atom. The number of aromatic nitrogens is 2. The van der Waals surface area contributed by atoms with E-state index in [1.807, 2.05) is 35.7 Å². The second-order valence-electron chi connectivity index (χ2n) is 6.44. The van der Waals surface area contributed by atoms with Crippen LogP contribution in [0.4, 0.5) is 0 Å². The fraction of sp³-hybridized carbons (Fsp3) is 0.286. The predicted octanol–water partition coefficient (Wildman–Crippen LogP) is 3.57. The Kier molecular flexibility index (Phi) is 7.45. The number of esters is 1. The molecule has 0 aliphatic heterocycles. The molecule has 30 heavy (non-hydrogen) atoms. The van der Waals surface area contributed by atoms with Crippen molar-refractivity contribution >= 4 is 29.0 Å². The first-order valence-corrected chi connectivity index (χ1v) is 10.3. The van der Waals surface area contributed by atoms with E-state index >= 15 is 0 Å². The maximum atomic E-state index is 12.0. The van der Waals surface area contributed by atoms with Crippen LogP contribution >= 0.6 is 11.3 Å². The van der Waals surface area contributed by atoms with E-state index in [2.05, 4.69) is 15.5 Å². The highest BCUT2D eigenvalue weighted by Gasteiger charge is 2.19. The highest BCUT2D eigenvalue weighted by Crippen LogP contribution is 2.22. The second kappa shape index (κ2) is 10.4. The summed E-state index contributed by atoms with van der Waals surface area (Å²) in [7, 11) is 0. The Morgan fingerprint density at radius 1 is 1.07 bits per heavy atom. The number of ether oxygens (including phenoxy) is 1. The molecule has 0 radical (unpaired) electrons. The average Bonchev–Trinajstić information content (AvgIpc) is 3.45. The molecule has 2 heterocycles. The largest absolute Gasteiger partial charge is 0.453 e. The van der Waals surface area contributed by atoms with Gasteiger partial charge in [-0.15, -0.1) is 21.5 Å². The minimum absolute atomic E-state index is 0.00533. The molecule has 1 N–H and O–H groups in total. The van der Waals surface area contributed by atoms with Crippen LogP contribution in [0.1, 0.15) is 47.9 Å². The van der Waals surface area contributed by atoms with Gasteiger partial charge in [-0.2, -0.15) is 0 Å². The number of nitrogens with zero attached hydrogens (tertiary/aromatic N) is 2. The first-order valence-electron chi connectivity index (χ1n) is 9.44. The third kappa shape index (κ3) is 6.08. The van der Waals surface area contributed by atoms with E-state index in [0.29, 0.717) is 10.8 Å². The molecule has 0 aliphatic rings. The molecule has 1 atom stereocenters. The van der Waals surface area contributed by atoms with Gasteiger partial charge >= 0.3 is 5.97 Å². The highest BCUT2D eigenvalue weighted by atomic mass is 32.1. The van der Waals surface area contributed by atoms with Gasteiger partial charge in [0.25, 0.3) is 5.89 Å². The number of amides is 1. The van der Waals surface area contributed by atoms with Gasteiger partial charge in [0.15, 0.2) is 11.9 Å². The fourth-order valence-corrected chi connectivity index (χ4v) is 3.28. The average molecular weight is 427 g/mol. The van der Waals surface area contributed by atoms with Gasteiger partial charge in [-0.25, -0.2) is 0 Å². The summed E-state index contributed by atoms with van der Waals surface area (Å²) in [6.07, 6.45) is -0.503. The van der Waals surface area contributed by atoms with Crippen LogP contribution in [0.2, 0.25) is 0 Å². The zero-order valence-corrected chi connectivity index (χ0v) is 17.2. The van der Waals surface area contributed by atoms with Gasteiger partial charge in [-0.1, -0.05) is 24.3 Å². The van der Waals surface area contributed by atoms with Gasteiger partial charge < -0.3 is 14.5 Å². The number of hydrogen-bond donors (Lipinski definition) is 1. The molecular formula is C21H21N3O5S. The van der Waals surface area contributed by atoms with Crippen molar-refractivity contribution in [1.82, 2.24) is 15.5 Å². The minimum atomic E-state index is -0.707. The molecule has 2 aromatic heterocycles. The number of nitrogens with one attached hydrogen (secondary N) is 1. The van der Waals surface area contributed by atoms with Crippen LogP contribution in [0.25, 0.3) is 11.5 Å². The van der Waals surface area contributed by atoms with Crippen LogP contribution in [0.3, 0.4) is 0 Å². The zero-order valence-electron chi connectivity index (χ0n) is 16.4. The van der Waals surface area contributed by atoms with Crippen molar-refractivity contribution in [1.29, 1.82) is 0 Å².